The molecule has 9 nitrogen and oxygen atoms in total. The number of aliphatic hydroxyl groups is 1. The van der Waals surface area contributed by atoms with Crippen LogP contribution in [0.25, 0.3) is 5.57 Å². The first-order valence-corrected chi connectivity index (χ1v) is 21.7. The molecule has 4 aromatic rings. The zero-order valence-electron chi connectivity index (χ0n) is 35.1. The van der Waals surface area contributed by atoms with Crippen molar-refractivity contribution >= 4 is 23.0 Å². The number of hydrogen-bond acceptors (Lipinski definition) is 9. The number of carbonyl (C=O) groups excluding carboxylic acids is 2. The van der Waals surface area contributed by atoms with Crippen molar-refractivity contribution in [3.05, 3.63) is 124 Å². The number of aromatic hydroxyl groups is 1. The standard InChI is InChI=1S/C50H64N4O5/c1-52-47-21-20-38-31-53-23-22-44(38)45(47)15-8-4-7-14-42(56)29-43(57)26-41(33-55)46-30-49(59-2)48(58)27-39(46)25-40-32-54-50(51)28-37(40)19-18-36-13-9-12-35(24-36)17-16-34-10-5-3-6-11-34/h3,5-6,9-13,24,26-28,30,32,38,44-45,47,52-53,55,58H,4,7-8,14-23,25,29,31,33H2,1-2H3,(H2,51,54)/b41-26+/t38-,44+,45-,47-/m1/s1. The number of phenolic OH excluding ortho intramolecular Hbond substituents is 1. The highest BCUT2D eigenvalue weighted by molar-refractivity contribution is 6.07. The van der Waals surface area contributed by atoms with Gasteiger partial charge in [-0.3, -0.25) is 9.59 Å². The van der Waals surface area contributed by atoms with Crippen molar-refractivity contribution in [1.82, 2.24) is 15.6 Å². The number of ketones is 2. The molecule has 59 heavy (non-hydrogen) atoms. The highest BCUT2D eigenvalue weighted by atomic mass is 16.5. The van der Waals surface area contributed by atoms with Gasteiger partial charge in [-0.25, -0.2) is 4.98 Å². The number of rotatable bonds is 21. The van der Waals surface area contributed by atoms with E-state index >= 15 is 0 Å². The van der Waals surface area contributed by atoms with Crippen LogP contribution in [0.3, 0.4) is 0 Å². The van der Waals surface area contributed by atoms with Gasteiger partial charge in [0.2, 0.25) is 0 Å². The third-order valence-electron chi connectivity index (χ3n) is 12.8. The van der Waals surface area contributed by atoms with Gasteiger partial charge in [0, 0.05) is 18.7 Å². The number of methoxy groups -OCH3 is 1. The molecule has 6 rings (SSSR count). The lowest BCUT2D eigenvalue weighted by Gasteiger charge is -2.46. The summed E-state index contributed by atoms with van der Waals surface area (Å²) in [5, 5.41) is 28.6. The molecule has 2 heterocycles. The molecule has 0 bridgehead atoms. The number of hydrogen-bond donors (Lipinski definition) is 5. The summed E-state index contributed by atoms with van der Waals surface area (Å²) in [5.74, 6) is 2.39. The number of aryl methyl sites for hydroxylation is 4. The summed E-state index contributed by atoms with van der Waals surface area (Å²) in [7, 11) is 3.55. The van der Waals surface area contributed by atoms with Crippen LogP contribution in [0.4, 0.5) is 5.82 Å². The molecule has 0 radical (unpaired) electrons. The Morgan fingerprint density at radius 2 is 1.66 bits per heavy atom. The molecule has 0 amide bonds. The first kappa shape index (κ1) is 43.7. The van der Waals surface area contributed by atoms with Crippen LogP contribution >= 0.6 is 0 Å². The number of nitrogen functional groups attached to an aromatic ring is 1. The third-order valence-corrected chi connectivity index (χ3v) is 12.8. The number of nitrogens with zero attached hydrogens (tertiary/aromatic N) is 1. The first-order valence-electron chi connectivity index (χ1n) is 21.7. The molecule has 1 aromatic heterocycles. The highest BCUT2D eigenvalue weighted by Gasteiger charge is 2.39. The number of piperidine rings is 1. The zero-order chi connectivity index (χ0) is 41.6. The van der Waals surface area contributed by atoms with E-state index in [-0.39, 0.29) is 29.5 Å². The minimum Gasteiger partial charge on any atom is -0.504 e. The van der Waals surface area contributed by atoms with E-state index in [1.165, 1.54) is 55.6 Å². The minimum atomic E-state index is -0.430. The number of Topliss-reactive ketones (excluding diaryl/α,β-unsaturated/α-hetero) is 1. The summed E-state index contributed by atoms with van der Waals surface area (Å²) in [5.41, 5.74) is 13.6. The number of nitrogens with one attached hydrogen (secondary N) is 2. The fourth-order valence-corrected chi connectivity index (χ4v) is 9.63. The number of benzene rings is 3. The maximum atomic E-state index is 13.3. The predicted molar refractivity (Wildman–Crippen MR) is 237 cm³/mol. The van der Waals surface area contributed by atoms with Crippen molar-refractivity contribution in [3.8, 4) is 11.5 Å². The Morgan fingerprint density at radius 3 is 2.42 bits per heavy atom. The van der Waals surface area contributed by atoms with Gasteiger partial charge in [-0.05, 0) is 171 Å². The van der Waals surface area contributed by atoms with Gasteiger partial charge >= 0.3 is 0 Å². The van der Waals surface area contributed by atoms with Crippen LogP contribution in [0.5, 0.6) is 11.5 Å². The van der Waals surface area contributed by atoms with Crippen molar-refractivity contribution in [2.24, 2.45) is 17.8 Å². The summed E-state index contributed by atoms with van der Waals surface area (Å²) in [4.78, 5) is 30.7. The fraction of sp³-hybridized carbons (Fsp3) is 0.460. The van der Waals surface area contributed by atoms with E-state index in [9.17, 15) is 19.8 Å². The smallest absolute Gasteiger partial charge is 0.163 e. The van der Waals surface area contributed by atoms with E-state index in [1.807, 2.05) is 12.1 Å². The van der Waals surface area contributed by atoms with Crippen LogP contribution in [-0.4, -0.2) is 66.7 Å². The molecule has 1 saturated carbocycles. The second-order valence-electron chi connectivity index (χ2n) is 16.7. The molecule has 1 saturated heterocycles. The van der Waals surface area contributed by atoms with Gasteiger partial charge in [0.1, 0.15) is 11.6 Å². The largest absolute Gasteiger partial charge is 0.504 e. The molecule has 6 N–H and O–H groups in total. The van der Waals surface area contributed by atoms with Crippen LogP contribution in [0.2, 0.25) is 0 Å². The summed E-state index contributed by atoms with van der Waals surface area (Å²) < 4.78 is 5.44. The molecule has 0 unspecified atom stereocenters. The average Bonchev–Trinajstić information content (AvgIpc) is 3.25. The van der Waals surface area contributed by atoms with Crippen LogP contribution < -0.4 is 21.1 Å². The van der Waals surface area contributed by atoms with Gasteiger partial charge in [-0.2, -0.15) is 0 Å². The van der Waals surface area contributed by atoms with Gasteiger partial charge in [-0.15, -0.1) is 0 Å². The molecular formula is C50H64N4O5. The Hall–Kier alpha value is -4.83. The Balaban J connectivity index is 1.07. The SMILES string of the molecule is CN[C@@H]1CC[C@@H]2CNCC[C@@H]2[C@H]1CCCCCC(=O)CC(=O)/C=C(\CO)c1cc(OC)c(O)cc1Cc1cnc(N)cc1CCc1cccc(CCc2ccccc2)c1. The Morgan fingerprint density at radius 1 is 0.898 bits per heavy atom. The number of phenols is 1. The monoisotopic (exact) mass is 800 g/mol. The maximum Gasteiger partial charge on any atom is 0.163 e. The number of fused-ring (bicyclic) bond motifs is 1. The van der Waals surface area contributed by atoms with Crippen LogP contribution in [0.15, 0.2) is 85.1 Å². The number of ether oxygens (including phenoxy) is 1. The topological polar surface area (TPSA) is 147 Å². The number of carbonyl (C=O) groups is 2. The Labute approximate surface area is 350 Å². The van der Waals surface area contributed by atoms with Gasteiger partial charge in [0.25, 0.3) is 0 Å². The molecule has 9 heteroatoms. The quantitative estimate of drug-likeness (QED) is 0.0327. The highest BCUT2D eigenvalue weighted by Crippen LogP contribution is 2.41. The lowest BCUT2D eigenvalue weighted by atomic mass is 9.65. The van der Waals surface area contributed by atoms with Crippen molar-refractivity contribution in [2.75, 3.05) is 39.6 Å². The lowest BCUT2D eigenvalue weighted by Crippen LogP contribution is -2.50. The normalized spacial score (nSPS) is 19.3. The van der Waals surface area contributed by atoms with Crippen molar-refractivity contribution in [1.29, 1.82) is 0 Å². The maximum absolute atomic E-state index is 13.3. The summed E-state index contributed by atoms with van der Waals surface area (Å²) in [6.07, 6.45) is 14.9. The zero-order valence-corrected chi connectivity index (χ0v) is 35.1. The van der Waals surface area contributed by atoms with E-state index in [0.717, 1.165) is 81.0 Å². The fourth-order valence-electron chi connectivity index (χ4n) is 9.63. The summed E-state index contributed by atoms with van der Waals surface area (Å²) in [6, 6.07) is 24.9. The van der Waals surface area contributed by atoms with Gasteiger partial charge < -0.3 is 31.3 Å². The average molecular weight is 801 g/mol. The molecule has 314 valence electrons. The van der Waals surface area contributed by atoms with Gasteiger partial charge in [-0.1, -0.05) is 67.4 Å². The summed E-state index contributed by atoms with van der Waals surface area (Å²) in [6.45, 7) is 1.82. The number of pyridine rings is 1. The molecule has 0 spiro atoms. The number of allylic oxidation sites excluding steroid dienone is 1. The molecule has 3 aromatic carbocycles. The minimum absolute atomic E-state index is 0.0529. The molecular weight excluding hydrogens is 737 g/mol. The van der Waals surface area contributed by atoms with E-state index < -0.39 is 6.61 Å². The molecule has 2 aliphatic rings. The van der Waals surface area contributed by atoms with E-state index in [1.54, 1.807) is 18.3 Å². The Bertz CT molecular complexity index is 2030. The van der Waals surface area contributed by atoms with Crippen molar-refractivity contribution in [3.63, 3.8) is 0 Å². The molecule has 1 aliphatic heterocycles. The number of aliphatic hydroxyl groups excluding tert-OH is 1. The van der Waals surface area contributed by atoms with Crippen LogP contribution in [0, 0.1) is 17.8 Å². The van der Waals surface area contributed by atoms with E-state index in [4.69, 9.17) is 10.5 Å². The van der Waals surface area contributed by atoms with Crippen LogP contribution in [-0.2, 0) is 41.7 Å². The number of nitrogens with two attached hydrogens (primary N) is 1. The lowest BCUT2D eigenvalue weighted by molar-refractivity contribution is -0.124. The van der Waals surface area contributed by atoms with Gasteiger partial charge in [0.15, 0.2) is 17.3 Å². The third kappa shape index (κ3) is 12.4. The number of anilines is 1. The first-order chi connectivity index (χ1) is 28.7. The predicted octanol–water partition coefficient (Wildman–Crippen LogP) is 7.62. The second kappa shape index (κ2) is 22.0. The Kier molecular flexibility index (Phi) is 16.3. The molecule has 2 fully saturated rings. The molecule has 4 atom stereocenters. The molecule has 1 aliphatic carbocycles. The second-order valence-corrected chi connectivity index (χ2v) is 16.7. The van der Waals surface area contributed by atoms with E-state index in [2.05, 4.69) is 71.2 Å². The van der Waals surface area contributed by atoms with Crippen LogP contribution in [0.1, 0.15) is 96.7 Å². The van der Waals surface area contributed by atoms with Crippen molar-refractivity contribution in [2.45, 2.75) is 95.9 Å². The van der Waals surface area contributed by atoms with Crippen molar-refractivity contribution < 1.29 is 24.5 Å². The summed E-state index contributed by atoms with van der Waals surface area (Å²) >= 11 is 0. The van der Waals surface area contributed by atoms with Gasteiger partial charge in [0.05, 0.1) is 20.1 Å². The van der Waals surface area contributed by atoms with E-state index in [0.29, 0.717) is 47.3 Å². The number of unbranched alkanes of at least 4 members (excludes halogenated alkanes) is 2. The number of aromatic nitrogens is 1.